The maximum atomic E-state index is 12.1. The smallest absolute Gasteiger partial charge is 0.390 e. The lowest BCUT2D eigenvalue weighted by molar-refractivity contribution is -0.0449. The summed E-state index contributed by atoms with van der Waals surface area (Å²) in [6.07, 6.45) is -2.69. The van der Waals surface area contributed by atoms with E-state index in [1.165, 1.54) is 6.20 Å². The van der Waals surface area contributed by atoms with Gasteiger partial charge >= 0.3 is 29.2 Å². The zero-order valence-electron chi connectivity index (χ0n) is 15.7. The molecule has 1 aliphatic rings. The molecule has 0 spiro atoms. The third-order valence-corrected chi connectivity index (χ3v) is 7.58. The number of aromatic nitrogens is 2. The second-order valence-corrected chi connectivity index (χ2v) is 10.7. The Hall–Kier alpha value is -1.08. The van der Waals surface area contributed by atoms with Crippen molar-refractivity contribution in [3.8, 4) is 11.8 Å². The molecular formula is C12H18N3O13P3S. The van der Waals surface area contributed by atoms with Crippen LogP contribution in [0.3, 0.4) is 0 Å². The maximum Gasteiger partial charge on any atom is 0.490 e. The van der Waals surface area contributed by atoms with Gasteiger partial charge in [-0.05, 0) is 0 Å². The van der Waals surface area contributed by atoms with Crippen molar-refractivity contribution in [3.05, 3.63) is 22.2 Å². The third kappa shape index (κ3) is 8.05. The number of ether oxygens (including phenoxy) is 1. The number of nitrogens with zero attached hydrogens (tertiary/aromatic N) is 2. The lowest BCUT2D eigenvalue weighted by Crippen LogP contribution is -2.29. The Morgan fingerprint density at radius 2 is 1.91 bits per heavy atom. The molecule has 2 rings (SSSR count). The fraction of sp³-hybridized carbons (Fsp3) is 0.500. The summed E-state index contributed by atoms with van der Waals surface area (Å²) in [4.78, 5) is 51.3. The van der Waals surface area contributed by atoms with Crippen molar-refractivity contribution in [2.45, 2.75) is 24.9 Å². The minimum Gasteiger partial charge on any atom is -0.390 e. The molecule has 32 heavy (non-hydrogen) atoms. The lowest BCUT2D eigenvalue weighted by atomic mass is 10.2. The van der Waals surface area contributed by atoms with Crippen molar-refractivity contribution in [1.29, 1.82) is 0 Å². The van der Waals surface area contributed by atoms with Crippen LogP contribution in [0.5, 0.6) is 0 Å². The van der Waals surface area contributed by atoms with Gasteiger partial charge in [0.05, 0.1) is 24.0 Å². The number of hydrogen-bond donors (Lipinski definition) is 7. The molecule has 0 aromatic carbocycles. The monoisotopic (exact) mass is 537 g/mol. The number of aliphatic hydroxyl groups is 1. The van der Waals surface area contributed by atoms with Crippen LogP contribution >= 0.6 is 36.1 Å². The number of phosphoric ester groups is 1. The zero-order chi connectivity index (χ0) is 24.3. The van der Waals surface area contributed by atoms with E-state index in [1.807, 2.05) is 0 Å². The van der Waals surface area contributed by atoms with E-state index in [0.29, 0.717) is 0 Å². The number of rotatable bonds is 8. The molecule has 1 aromatic heterocycles. The predicted octanol–water partition coefficient (Wildman–Crippen LogP) is -0.902. The molecule has 0 radical (unpaired) electrons. The number of nitrogens with two attached hydrogens (primary N) is 1. The lowest BCUT2D eigenvalue weighted by Gasteiger charge is -2.19. The topological polar surface area (TPSA) is 250 Å². The highest BCUT2D eigenvalue weighted by Gasteiger charge is 2.43. The van der Waals surface area contributed by atoms with E-state index in [4.69, 9.17) is 25.2 Å². The minimum absolute atomic E-state index is 0.136. The van der Waals surface area contributed by atoms with Crippen LogP contribution in [0, 0.1) is 11.8 Å². The molecule has 1 fully saturated rings. The van der Waals surface area contributed by atoms with Crippen molar-refractivity contribution < 1.29 is 56.3 Å². The molecule has 0 saturated carbocycles. The Morgan fingerprint density at radius 1 is 1.25 bits per heavy atom. The first-order valence-corrected chi connectivity index (χ1v) is 13.4. The quantitative estimate of drug-likeness (QED) is 0.121. The molecule has 2 unspecified atom stereocenters. The van der Waals surface area contributed by atoms with Crippen molar-refractivity contribution in [1.82, 2.24) is 9.55 Å². The van der Waals surface area contributed by atoms with E-state index in [0.717, 1.165) is 4.57 Å². The number of nitrogen functional groups attached to an aromatic ring is 1. The third-order valence-electron chi connectivity index (χ3n) is 3.62. The normalized spacial score (nSPS) is 24.9. The molecule has 1 aliphatic heterocycles. The summed E-state index contributed by atoms with van der Waals surface area (Å²) in [6, 6.07) is 0. The largest absolute Gasteiger partial charge is 0.490 e. The first-order chi connectivity index (χ1) is 14.6. The molecule has 5 atom stereocenters. The SMILES string of the molecule is Nc1nc(=O)n([C@H]2C[C@H](O)[C@@H](COP(=O)(O)OP(=O)(O)OP(=O)(O)O)O2)cc1C#CCS. The van der Waals surface area contributed by atoms with Crippen LogP contribution in [0.1, 0.15) is 18.2 Å². The molecular weight excluding hydrogens is 519 g/mol. The van der Waals surface area contributed by atoms with Gasteiger partial charge in [-0.15, -0.1) is 0 Å². The van der Waals surface area contributed by atoms with Crippen LogP contribution in [-0.2, 0) is 31.6 Å². The van der Waals surface area contributed by atoms with E-state index in [1.54, 1.807) is 0 Å². The summed E-state index contributed by atoms with van der Waals surface area (Å²) < 4.78 is 51.7. The van der Waals surface area contributed by atoms with Gasteiger partial charge in [0.25, 0.3) is 0 Å². The number of phosphoric acid groups is 3. The van der Waals surface area contributed by atoms with Crippen LogP contribution in [0.25, 0.3) is 0 Å². The van der Waals surface area contributed by atoms with Crippen LogP contribution in [0.4, 0.5) is 5.82 Å². The molecule has 1 aromatic rings. The van der Waals surface area contributed by atoms with Crippen LogP contribution in [0.15, 0.2) is 11.0 Å². The summed E-state index contributed by atoms with van der Waals surface area (Å²) in [5.41, 5.74) is 4.99. The van der Waals surface area contributed by atoms with Gasteiger partial charge in [-0.25, -0.2) is 18.5 Å². The average Bonchev–Trinajstić information content (AvgIpc) is 2.97. The summed E-state index contributed by atoms with van der Waals surface area (Å²) in [5, 5.41) is 10.1. The molecule has 16 nitrogen and oxygen atoms in total. The highest BCUT2D eigenvalue weighted by Crippen LogP contribution is 2.66. The second-order valence-electron chi connectivity index (χ2n) is 6.01. The molecule has 0 amide bonds. The van der Waals surface area contributed by atoms with E-state index >= 15 is 0 Å². The maximum absolute atomic E-state index is 12.1. The Bertz CT molecular complexity index is 1110. The standard InChI is InChI=1S/C12H18N3O13P3S/c13-11-7(2-1-3-32)5-15(12(17)14-11)10-4-8(16)9(26-10)6-25-30(21,22)28-31(23,24)27-29(18,19)20/h5,8-10,16,32H,3-4,6H2,(H,21,22)(H,23,24)(H2,13,14,17)(H2,18,19,20)/t8-,9+,10+/m0/s1. The van der Waals surface area contributed by atoms with Gasteiger partial charge in [-0.2, -0.15) is 26.2 Å². The van der Waals surface area contributed by atoms with E-state index in [2.05, 4.69) is 42.6 Å². The highest BCUT2D eigenvalue weighted by molar-refractivity contribution is 7.80. The summed E-state index contributed by atoms with van der Waals surface area (Å²) in [5.74, 6) is 5.33. The Morgan fingerprint density at radius 3 is 2.50 bits per heavy atom. The number of hydrogen-bond acceptors (Lipinski definition) is 12. The van der Waals surface area contributed by atoms with E-state index in [9.17, 15) is 28.5 Å². The second kappa shape index (κ2) is 10.5. The number of thiol groups is 1. The predicted molar refractivity (Wildman–Crippen MR) is 108 cm³/mol. The molecule has 1 saturated heterocycles. The van der Waals surface area contributed by atoms with Crippen molar-refractivity contribution in [2.75, 3.05) is 18.1 Å². The van der Waals surface area contributed by atoms with Crippen molar-refractivity contribution in [3.63, 3.8) is 0 Å². The van der Waals surface area contributed by atoms with Crippen molar-refractivity contribution in [2.24, 2.45) is 0 Å². The summed E-state index contributed by atoms with van der Waals surface area (Å²) >= 11 is 3.93. The minimum atomic E-state index is -5.69. The van der Waals surface area contributed by atoms with Crippen LogP contribution in [0.2, 0.25) is 0 Å². The van der Waals surface area contributed by atoms with Crippen molar-refractivity contribution >= 4 is 41.9 Å². The molecule has 0 bridgehead atoms. The number of aliphatic hydroxyl groups excluding tert-OH is 1. The van der Waals surface area contributed by atoms with Gasteiger partial charge in [-0.3, -0.25) is 9.09 Å². The van der Waals surface area contributed by atoms with Gasteiger partial charge in [0.1, 0.15) is 18.1 Å². The fourth-order valence-corrected chi connectivity index (χ4v) is 5.53. The molecule has 2 heterocycles. The molecule has 180 valence electrons. The molecule has 20 heteroatoms. The van der Waals surface area contributed by atoms with E-state index < -0.39 is 54.2 Å². The van der Waals surface area contributed by atoms with E-state index in [-0.39, 0.29) is 23.6 Å². The zero-order valence-corrected chi connectivity index (χ0v) is 19.3. The Balaban J connectivity index is 2.08. The van der Waals surface area contributed by atoms with Gasteiger partial charge in [0, 0.05) is 12.6 Å². The Kier molecular flexibility index (Phi) is 8.88. The first-order valence-electron chi connectivity index (χ1n) is 8.23. The van der Waals surface area contributed by atoms with Gasteiger partial charge in [-0.1, -0.05) is 11.8 Å². The van der Waals surface area contributed by atoms with Gasteiger partial charge in [0.2, 0.25) is 0 Å². The van der Waals surface area contributed by atoms with Crippen LogP contribution < -0.4 is 11.4 Å². The first kappa shape index (κ1) is 27.2. The number of anilines is 1. The average molecular weight is 537 g/mol. The fourth-order valence-electron chi connectivity index (χ4n) is 2.43. The summed E-state index contributed by atoms with van der Waals surface area (Å²) in [6.45, 7) is -0.884. The van der Waals surface area contributed by atoms with Gasteiger partial charge in [0.15, 0.2) is 0 Å². The molecule has 7 N–H and O–H groups in total. The summed E-state index contributed by atoms with van der Waals surface area (Å²) in [7, 11) is -16.6. The van der Waals surface area contributed by atoms with Crippen LogP contribution in [-0.4, -0.2) is 58.8 Å². The van der Waals surface area contributed by atoms with Gasteiger partial charge < -0.3 is 35.2 Å². The Labute approximate surface area is 185 Å². The molecule has 0 aliphatic carbocycles. The highest BCUT2D eigenvalue weighted by atomic mass is 32.1.